The van der Waals surface area contributed by atoms with Gasteiger partial charge in [0.05, 0.1) is 5.69 Å². The lowest BCUT2D eigenvalue weighted by molar-refractivity contribution is -0.111. The van der Waals surface area contributed by atoms with Crippen molar-refractivity contribution in [3.63, 3.8) is 0 Å². The maximum atomic E-state index is 6.20. The number of nitrogens with two attached hydrogens (primary N) is 3. The number of para-hydroxylation sites is 1. The van der Waals surface area contributed by atoms with Crippen LogP contribution in [0.4, 0.5) is 11.5 Å². The van der Waals surface area contributed by atoms with Gasteiger partial charge in [-0.2, -0.15) is 0 Å². The molecule has 3 rings (SSSR count). The molecule has 0 aliphatic rings. The van der Waals surface area contributed by atoms with Crippen LogP contribution in [0.5, 0.6) is 11.5 Å². The van der Waals surface area contributed by atoms with E-state index in [1.165, 1.54) is 0 Å². The summed E-state index contributed by atoms with van der Waals surface area (Å²) in [6.45, 7) is 0. The first-order chi connectivity index (χ1) is 11.1. The molecule has 0 fully saturated rings. The Morgan fingerprint density at radius 1 is 0.870 bits per heavy atom. The molecule has 0 aliphatic carbocycles. The predicted octanol–water partition coefficient (Wildman–Crippen LogP) is 1.63. The lowest BCUT2D eigenvalue weighted by atomic mass is 10.0. The van der Waals surface area contributed by atoms with Gasteiger partial charge in [-0.15, -0.1) is 0 Å². The summed E-state index contributed by atoms with van der Waals surface area (Å²) >= 11 is 0. The van der Waals surface area contributed by atoms with E-state index in [-0.39, 0.29) is 0 Å². The molecular formula is C18H17N4O+. The largest absolute Gasteiger partial charge is 0.457 e. The minimum absolute atomic E-state index is 0.312. The molecule has 5 nitrogen and oxygen atoms in total. The second kappa shape index (κ2) is 6.19. The molecule has 114 valence electrons. The SMILES string of the molecule is Nc1ccnc(N)c1C(=[NH2+])c1ccc(Oc2ccccc2)cc1. The highest BCUT2D eigenvalue weighted by molar-refractivity contribution is 6.14. The number of pyridine rings is 1. The fourth-order valence-electron chi connectivity index (χ4n) is 2.26. The number of hydrogen-bond donors (Lipinski definition) is 3. The van der Waals surface area contributed by atoms with Crippen LogP contribution in [0, 0.1) is 0 Å². The second-order valence-corrected chi connectivity index (χ2v) is 5.01. The van der Waals surface area contributed by atoms with Crippen molar-refractivity contribution in [3.05, 3.63) is 78.0 Å². The average molecular weight is 305 g/mol. The highest BCUT2D eigenvalue weighted by atomic mass is 16.5. The summed E-state index contributed by atoms with van der Waals surface area (Å²) in [6.07, 6.45) is 1.55. The predicted molar refractivity (Wildman–Crippen MR) is 91.2 cm³/mol. The summed E-state index contributed by atoms with van der Waals surface area (Å²) in [5, 5.41) is 6.20. The van der Waals surface area contributed by atoms with E-state index in [0.29, 0.717) is 22.8 Å². The Kier molecular flexibility index (Phi) is 3.93. The van der Waals surface area contributed by atoms with E-state index in [4.69, 9.17) is 21.6 Å². The van der Waals surface area contributed by atoms with Gasteiger partial charge < -0.3 is 16.2 Å². The molecule has 0 unspecified atom stereocenters. The summed E-state index contributed by atoms with van der Waals surface area (Å²) in [4.78, 5) is 4.03. The molecule has 0 aliphatic heterocycles. The van der Waals surface area contributed by atoms with Crippen molar-refractivity contribution < 1.29 is 10.1 Å². The second-order valence-electron chi connectivity index (χ2n) is 5.01. The topological polar surface area (TPSA) is 99.8 Å². The molecule has 0 atom stereocenters. The van der Waals surface area contributed by atoms with Gasteiger partial charge in [-0.25, -0.2) is 4.98 Å². The van der Waals surface area contributed by atoms with Gasteiger partial charge in [0.25, 0.3) is 0 Å². The summed E-state index contributed by atoms with van der Waals surface area (Å²) < 4.78 is 5.75. The number of ether oxygens (including phenoxy) is 1. The number of benzene rings is 2. The Hall–Kier alpha value is -3.34. The van der Waals surface area contributed by atoms with Crippen LogP contribution in [0.25, 0.3) is 0 Å². The average Bonchev–Trinajstić information content (AvgIpc) is 2.56. The molecule has 0 amide bonds. The van der Waals surface area contributed by atoms with Crippen molar-refractivity contribution >= 4 is 17.2 Å². The number of nitrogen functional groups attached to an aromatic ring is 2. The highest BCUT2D eigenvalue weighted by Gasteiger charge is 2.17. The highest BCUT2D eigenvalue weighted by Crippen LogP contribution is 2.23. The molecular weight excluding hydrogens is 288 g/mol. The lowest BCUT2D eigenvalue weighted by Gasteiger charge is -2.08. The van der Waals surface area contributed by atoms with E-state index in [9.17, 15) is 0 Å². The molecule has 0 saturated carbocycles. The van der Waals surface area contributed by atoms with Crippen molar-refractivity contribution in [1.82, 2.24) is 4.98 Å². The van der Waals surface area contributed by atoms with Crippen molar-refractivity contribution in [2.75, 3.05) is 11.5 Å². The molecule has 1 heterocycles. The van der Waals surface area contributed by atoms with Crippen LogP contribution in [-0.2, 0) is 0 Å². The van der Waals surface area contributed by atoms with E-state index < -0.39 is 0 Å². The van der Waals surface area contributed by atoms with E-state index in [0.717, 1.165) is 17.1 Å². The van der Waals surface area contributed by atoms with Crippen LogP contribution >= 0.6 is 0 Å². The van der Waals surface area contributed by atoms with Crippen LogP contribution in [0.3, 0.4) is 0 Å². The van der Waals surface area contributed by atoms with Crippen LogP contribution in [0.15, 0.2) is 66.9 Å². The van der Waals surface area contributed by atoms with Gasteiger partial charge in [-0.05, 0) is 42.5 Å². The minimum Gasteiger partial charge on any atom is -0.457 e. The fraction of sp³-hybridized carbons (Fsp3) is 0. The summed E-state index contributed by atoms with van der Waals surface area (Å²) in [6, 6.07) is 18.7. The smallest absolute Gasteiger partial charge is 0.217 e. The van der Waals surface area contributed by atoms with E-state index >= 15 is 0 Å². The first-order valence-corrected chi connectivity index (χ1v) is 7.11. The normalized spacial score (nSPS) is 10.3. The van der Waals surface area contributed by atoms with Gasteiger partial charge in [0, 0.05) is 11.8 Å². The maximum Gasteiger partial charge on any atom is 0.217 e. The summed E-state index contributed by atoms with van der Waals surface area (Å²) in [5.41, 5.74) is 14.2. The standard InChI is InChI=1S/C18H16N4O/c19-15-10-11-22-18(21)16(15)17(20)12-6-8-14(9-7-12)23-13-4-2-1-3-5-13/h1-11,20H,(H4,19,21,22)/p+1. The van der Waals surface area contributed by atoms with Crippen LogP contribution in [0.2, 0.25) is 0 Å². The molecule has 5 heteroatoms. The van der Waals surface area contributed by atoms with E-state index in [2.05, 4.69) is 4.98 Å². The molecule has 2 aromatic carbocycles. The molecule has 23 heavy (non-hydrogen) atoms. The Balaban J connectivity index is 1.83. The lowest BCUT2D eigenvalue weighted by Crippen LogP contribution is -2.42. The molecule has 0 radical (unpaired) electrons. The van der Waals surface area contributed by atoms with E-state index in [1.807, 2.05) is 54.6 Å². The monoisotopic (exact) mass is 305 g/mol. The Morgan fingerprint density at radius 2 is 1.52 bits per heavy atom. The molecule has 1 aromatic heterocycles. The summed E-state index contributed by atoms with van der Waals surface area (Å²) in [5.74, 6) is 1.81. The Morgan fingerprint density at radius 3 is 2.17 bits per heavy atom. The van der Waals surface area contributed by atoms with Crippen LogP contribution < -0.4 is 21.6 Å². The number of hydrogen-bond acceptors (Lipinski definition) is 4. The van der Waals surface area contributed by atoms with Gasteiger partial charge in [-0.1, -0.05) is 18.2 Å². The zero-order valence-electron chi connectivity index (χ0n) is 12.4. The number of rotatable bonds is 4. The van der Waals surface area contributed by atoms with Crippen molar-refractivity contribution in [3.8, 4) is 11.5 Å². The van der Waals surface area contributed by atoms with Gasteiger partial charge >= 0.3 is 0 Å². The third-order valence-corrected chi connectivity index (χ3v) is 3.43. The van der Waals surface area contributed by atoms with Crippen molar-refractivity contribution in [2.45, 2.75) is 0 Å². The molecule has 0 bridgehead atoms. The third-order valence-electron chi connectivity index (χ3n) is 3.43. The van der Waals surface area contributed by atoms with Crippen LogP contribution in [-0.4, -0.2) is 10.7 Å². The Bertz CT molecular complexity index is 809. The third kappa shape index (κ3) is 3.13. The molecule has 0 spiro atoms. The first-order valence-electron chi connectivity index (χ1n) is 7.11. The number of nitrogens with zero attached hydrogens (tertiary/aromatic N) is 1. The molecule has 6 N–H and O–H groups in total. The summed E-state index contributed by atoms with van der Waals surface area (Å²) in [7, 11) is 0. The minimum atomic E-state index is 0.312. The number of aromatic nitrogens is 1. The first kappa shape index (κ1) is 14.6. The Labute approximate surface area is 134 Å². The zero-order valence-corrected chi connectivity index (χ0v) is 12.4. The van der Waals surface area contributed by atoms with E-state index in [1.54, 1.807) is 12.3 Å². The molecule has 3 aromatic rings. The molecule has 0 saturated heterocycles. The fourth-order valence-corrected chi connectivity index (χ4v) is 2.26. The van der Waals surface area contributed by atoms with Gasteiger partial charge in [0.15, 0.2) is 0 Å². The van der Waals surface area contributed by atoms with Crippen LogP contribution in [0.1, 0.15) is 11.1 Å². The van der Waals surface area contributed by atoms with Gasteiger partial charge in [0.1, 0.15) is 22.9 Å². The quantitative estimate of drug-likeness (QED) is 0.638. The van der Waals surface area contributed by atoms with Gasteiger partial charge in [0.2, 0.25) is 5.71 Å². The number of anilines is 2. The maximum absolute atomic E-state index is 6.20. The van der Waals surface area contributed by atoms with Crippen molar-refractivity contribution in [2.24, 2.45) is 0 Å². The van der Waals surface area contributed by atoms with Crippen molar-refractivity contribution in [1.29, 1.82) is 0 Å². The zero-order chi connectivity index (χ0) is 16.2. The van der Waals surface area contributed by atoms with Gasteiger partial charge in [-0.3, -0.25) is 5.41 Å².